The number of nitrogens with zero attached hydrogens (tertiary/aromatic N) is 6. The summed E-state index contributed by atoms with van der Waals surface area (Å²) >= 11 is 0. The Kier molecular flexibility index (Phi) is 11.3. The van der Waals surface area contributed by atoms with Gasteiger partial charge < -0.3 is 4.90 Å². The van der Waals surface area contributed by atoms with Crippen LogP contribution in [0, 0.1) is 0 Å². The molecule has 0 spiro atoms. The number of rotatable bonds is 10. The van der Waals surface area contributed by atoms with Crippen LogP contribution in [0.2, 0.25) is 0 Å². The van der Waals surface area contributed by atoms with Gasteiger partial charge in [-0.15, -0.1) is 0 Å². The highest BCUT2D eigenvalue weighted by molar-refractivity contribution is 6.03. The quantitative estimate of drug-likeness (QED) is 0.0832. The van der Waals surface area contributed by atoms with Gasteiger partial charge in [-0.05, 0) is 106 Å². The van der Waals surface area contributed by atoms with E-state index < -0.39 is 0 Å². The van der Waals surface area contributed by atoms with Gasteiger partial charge in [-0.3, -0.25) is 0 Å². The van der Waals surface area contributed by atoms with Crippen molar-refractivity contribution in [1.82, 2.24) is 0 Å². The summed E-state index contributed by atoms with van der Waals surface area (Å²) < 4.78 is 2.11. The number of hydrogen-bond donors (Lipinski definition) is 0. The Bertz CT molecular complexity index is 2160. The first-order valence-electron chi connectivity index (χ1n) is 16.9. The van der Waals surface area contributed by atoms with E-state index in [9.17, 15) is 0 Å². The lowest BCUT2D eigenvalue weighted by Crippen LogP contribution is -2.09. The van der Waals surface area contributed by atoms with Crippen molar-refractivity contribution >= 4 is 45.3 Å². The molecule has 250 valence electrons. The molecular weight excluding hydrogens is 625 g/mol. The highest BCUT2D eigenvalue weighted by atomic mass is 15.1. The summed E-state index contributed by atoms with van der Waals surface area (Å²) in [5, 5.41) is 17.7. The number of hydrogen-bond acceptors (Lipinski definition) is 5. The summed E-state index contributed by atoms with van der Waals surface area (Å²) in [6, 6.07) is 44.6. The second kappa shape index (κ2) is 16.7. The molecule has 0 aromatic heterocycles. The molecule has 0 amide bonds. The Morgan fingerprint density at radius 3 is 1.39 bits per heavy atom. The molecule has 1 aliphatic rings. The number of azo groups is 2. The largest absolute Gasteiger partial charge is 0.378 e. The average molecular weight is 666 g/mol. The van der Waals surface area contributed by atoms with Crippen molar-refractivity contribution in [2.75, 3.05) is 33.1 Å². The van der Waals surface area contributed by atoms with Crippen LogP contribution in [-0.2, 0) is 0 Å². The van der Waals surface area contributed by atoms with E-state index in [-0.39, 0.29) is 0 Å². The minimum atomic E-state index is 0.795. The second-order valence-electron chi connectivity index (χ2n) is 12.4. The molecule has 0 unspecified atom stereocenters. The summed E-state index contributed by atoms with van der Waals surface area (Å²) in [6.45, 7) is 0. The van der Waals surface area contributed by atoms with Crippen LogP contribution in [0.1, 0.15) is 16.7 Å². The van der Waals surface area contributed by atoms with Crippen LogP contribution < -0.4 is 4.90 Å². The SMILES string of the molecule is CN(C)c1ccc(C(=CC=CC(=C2C=CC(=[N+](C)C)C=C2)c2ccc(N=Nc3ccccc3)cc2)c2ccc(N=Nc3ccccc3)cc2)cc1. The molecule has 0 saturated carbocycles. The van der Waals surface area contributed by atoms with E-state index in [1.165, 1.54) is 0 Å². The first-order chi connectivity index (χ1) is 24.9. The van der Waals surface area contributed by atoms with Crippen LogP contribution in [0.3, 0.4) is 0 Å². The van der Waals surface area contributed by atoms with Gasteiger partial charge in [-0.1, -0.05) is 91.0 Å². The summed E-state index contributed by atoms with van der Waals surface area (Å²) in [4.78, 5) is 2.11. The van der Waals surface area contributed by atoms with Crippen molar-refractivity contribution in [3.8, 4) is 0 Å². The van der Waals surface area contributed by atoms with Gasteiger partial charge >= 0.3 is 0 Å². The highest BCUT2D eigenvalue weighted by Crippen LogP contribution is 2.30. The van der Waals surface area contributed by atoms with Crippen LogP contribution in [0.5, 0.6) is 0 Å². The monoisotopic (exact) mass is 665 g/mol. The van der Waals surface area contributed by atoms with Gasteiger partial charge in [-0.25, -0.2) is 4.58 Å². The van der Waals surface area contributed by atoms with Gasteiger partial charge in [0.05, 0.1) is 22.7 Å². The van der Waals surface area contributed by atoms with Crippen molar-refractivity contribution in [2.45, 2.75) is 0 Å². The molecule has 1 aliphatic carbocycles. The minimum absolute atomic E-state index is 0.795. The molecule has 6 rings (SSSR count). The third kappa shape index (κ3) is 9.34. The number of anilines is 1. The van der Waals surface area contributed by atoms with E-state index >= 15 is 0 Å². The molecule has 0 aliphatic heterocycles. The maximum atomic E-state index is 4.45. The molecule has 6 nitrogen and oxygen atoms in total. The Labute approximate surface area is 300 Å². The second-order valence-corrected chi connectivity index (χ2v) is 12.4. The third-order valence-electron chi connectivity index (χ3n) is 8.35. The summed E-state index contributed by atoms with van der Waals surface area (Å²) in [5.41, 5.74) is 12.1. The van der Waals surface area contributed by atoms with Gasteiger partial charge in [-0.2, -0.15) is 20.5 Å². The predicted molar refractivity (Wildman–Crippen MR) is 213 cm³/mol. The molecule has 0 saturated heterocycles. The van der Waals surface area contributed by atoms with E-state index in [1.54, 1.807) is 0 Å². The minimum Gasteiger partial charge on any atom is -0.378 e. The van der Waals surface area contributed by atoms with Gasteiger partial charge in [0, 0.05) is 31.9 Å². The zero-order valence-corrected chi connectivity index (χ0v) is 29.4. The Morgan fingerprint density at radius 1 is 0.510 bits per heavy atom. The van der Waals surface area contributed by atoms with E-state index in [0.717, 1.165) is 67.6 Å². The summed E-state index contributed by atoms with van der Waals surface area (Å²) in [6.07, 6.45) is 15.1. The lowest BCUT2D eigenvalue weighted by Gasteiger charge is -2.14. The van der Waals surface area contributed by atoms with Gasteiger partial charge in [0.15, 0.2) is 5.71 Å². The summed E-state index contributed by atoms with van der Waals surface area (Å²) in [5.74, 6) is 0. The molecule has 51 heavy (non-hydrogen) atoms. The molecule has 0 heterocycles. The van der Waals surface area contributed by atoms with Crippen molar-refractivity contribution in [3.63, 3.8) is 0 Å². The van der Waals surface area contributed by atoms with E-state index in [2.05, 4.69) is 149 Å². The maximum Gasteiger partial charge on any atom is 0.199 e. The molecule has 0 N–H and O–H groups in total. The average Bonchev–Trinajstić information content (AvgIpc) is 3.18. The van der Waals surface area contributed by atoms with Crippen molar-refractivity contribution in [3.05, 3.63) is 198 Å². The fraction of sp³-hybridized carbons (Fsp3) is 0.0889. The zero-order chi connectivity index (χ0) is 35.4. The fourth-order valence-corrected chi connectivity index (χ4v) is 5.47. The Balaban J connectivity index is 1.35. The molecule has 6 heteroatoms. The normalized spacial score (nSPS) is 13.1. The van der Waals surface area contributed by atoms with Crippen LogP contribution in [0.4, 0.5) is 28.4 Å². The molecule has 0 atom stereocenters. The first-order valence-corrected chi connectivity index (χ1v) is 16.9. The Morgan fingerprint density at radius 2 is 0.941 bits per heavy atom. The number of allylic oxidation sites excluding steroid dienone is 9. The molecule has 0 radical (unpaired) electrons. The number of benzene rings is 5. The predicted octanol–water partition coefficient (Wildman–Crippen LogP) is 11.9. The maximum absolute atomic E-state index is 4.45. The van der Waals surface area contributed by atoms with Crippen molar-refractivity contribution in [2.24, 2.45) is 20.5 Å². The lowest BCUT2D eigenvalue weighted by molar-refractivity contribution is -0.462. The van der Waals surface area contributed by atoms with Gasteiger partial charge in [0.2, 0.25) is 0 Å². The Hall–Kier alpha value is -6.53. The smallest absolute Gasteiger partial charge is 0.199 e. The van der Waals surface area contributed by atoms with E-state index in [4.69, 9.17) is 0 Å². The van der Waals surface area contributed by atoms with E-state index in [0.29, 0.717) is 0 Å². The molecule has 5 aromatic rings. The molecular formula is C45H41N6+. The van der Waals surface area contributed by atoms with Crippen LogP contribution in [0.25, 0.3) is 11.1 Å². The highest BCUT2D eigenvalue weighted by Gasteiger charge is 2.10. The molecule has 5 aromatic carbocycles. The fourth-order valence-electron chi connectivity index (χ4n) is 5.47. The lowest BCUT2D eigenvalue weighted by atomic mass is 9.94. The summed E-state index contributed by atoms with van der Waals surface area (Å²) in [7, 11) is 8.22. The van der Waals surface area contributed by atoms with Gasteiger partial charge in [0.25, 0.3) is 0 Å². The van der Waals surface area contributed by atoms with E-state index in [1.807, 2.05) is 84.9 Å². The van der Waals surface area contributed by atoms with Crippen LogP contribution >= 0.6 is 0 Å². The molecule has 0 fully saturated rings. The first kappa shape index (κ1) is 34.3. The van der Waals surface area contributed by atoms with Gasteiger partial charge in [0.1, 0.15) is 14.1 Å². The van der Waals surface area contributed by atoms with Crippen molar-refractivity contribution in [1.29, 1.82) is 0 Å². The van der Waals surface area contributed by atoms with Crippen LogP contribution in [-0.4, -0.2) is 38.5 Å². The topological polar surface area (TPSA) is 55.7 Å². The zero-order valence-electron chi connectivity index (χ0n) is 29.4. The standard InChI is InChI=1S/C45H41N6/c1-50(2)42-30-22-36(23-31-42)44(34-18-26-40(27-19-34)48-46-38-12-7-5-8-13-38)16-11-17-45(37-24-32-43(33-25-37)51(3)4)35-20-28-41(29-21-35)49-47-39-14-9-6-10-15-39/h5-33H,1-4H3/q+1. The van der Waals surface area contributed by atoms with Crippen molar-refractivity contribution < 1.29 is 4.58 Å². The molecule has 0 bridgehead atoms. The third-order valence-corrected chi connectivity index (χ3v) is 8.35. The van der Waals surface area contributed by atoms with Crippen LogP contribution in [0.15, 0.2) is 202 Å².